The molecule has 0 saturated carbocycles. The molecule has 1 aromatic carbocycles. The van der Waals surface area contributed by atoms with Gasteiger partial charge in [-0.15, -0.1) is 0 Å². The van der Waals surface area contributed by atoms with E-state index in [2.05, 4.69) is 11.9 Å². The van der Waals surface area contributed by atoms with E-state index in [4.69, 9.17) is 0 Å². The van der Waals surface area contributed by atoms with Crippen LogP contribution in [0, 0.1) is 12.7 Å². The molecule has 1 aromatic heterocycles. The van der Waals surface area contributed by atoms with Crippen molar-refractivity contribution in [3.05, 3.63) is 65.2 Å². The first-order valence-electron chi connectivity index (χ1n) is 4.98. The van der Waals surface area contributed by atoms with E-state index in [9.17, 15) is 9.18 Å². The van der Waals surface area contributed by atoms with Gasteiger partial charge < -0.3 is 4.98 Å². The summed E-state index contributed by atoms with van der Waals surface area (Å²) in [6, 6.07) is 6.23. The summed E-state index contributed by atoms with van der Waals surface area (Å²) < 4.78 is 13.5. The SMILES string of the molecule is [CH2]Cc1c[nH]cc(-c2ccccc2F)c1=O. The highest BCUT2D eigenvalue weighted by atomic mass is 19.1. The zero-order chi connectivity index (χ0) is 11.5. The average molecular weight is 216 g/mol. The third-order valence-electron chi connectivity index (χ3n) is 2.45. The Morgan fingerprint density at radius 2 is 1.94 bits per heavy atom. The summed E-state index contributed by atoms with van der Waals surface area (Å²) in [5, 5.41) is 0. The van der Waals surface area contributed by atoms with E-state index in [1.54, 1.807) is 24.4 Å². The Kier molecular flexibility index (Phi) is 2.86. The normalized spacial score (nSPS) is 10.4. The van der Waals surface area contributed by atoms with Gasteiger partial charge in [0.25, 0.3) is 0 Å². The Bertz CT molecular complexity index is 560. The average Bonchev–Trinajstić information content (AvgIpc) is 2.31. The second-order valence-corrected chi connectivity index (χ2v) is 3.45. The maximum absolute atomic E-state index is 13.5. The Balaban J connectivity index is 2.66. The van der Waals surface area contributed by atoms with Crippen molar-refractivity contribution < 1.29 is 4.39 Å². The summed E-state index contributed by atoms with van der Waals surface area (Å²) in [6.45, 7) is 3.66. The van der Waals surface area contributed by atoms with Gasteiger partial charge in [-0.05, 0) is 19.4 Å². The Hall–Kier alpha value is -1.90. The number of hydrogen-bond donors (Lipinski definition) is 1. The Labute approximate surface area is 92.8 Å². The minimum absolute atomic E-state index is 0.168. The molecule has 1 radical (unpaired) electrons. The van der Waals surface area contributed by atoms with Gasteiger partial charge in [-0.25, -0.2) is 4.39 Å². The minimum atomic E-state index is -0.394. The molecule has 0 fully saturated rings. The highest BCUT2D eigenvalue weighted by Gasteiger charge is 2.09. The molecule has 0 amide bonds. The lowest BCUT2D eigenvalue weighted by Crippen LogP contribution is -2.11. The maximum atomic E-state index is 13.5. The molecule has 0 aliphatic heterocycles. The zero-order valence-electron chi connectivity index (χ0n) is 8.66. The first kappa shape index (κ1) is 10.6. The smallest absolute Gasteiger partial charge is 0.192 e. The van der Waals surface area contributed by atoms with Crippen molar-refractivity contribution in [2.75, 3.05) is 0 Å². The number of H-pyrrole nitrogens is 1. The summed E-state index contributed by atoms with van der Waals surface area (Å²) in [7, 11) is 0. The van der Waals surface area contributed by atoms with Gasteiger partial charge in [0.05, 0.1) is 0 Å². The number of nitrogens with one attached hydrogen (secondary N) is 1. The zero-order valence-corrected chi connectivity index (χ0v) is 8.66. The van der Waals surface area contributed by atoms with Crippen LogP contribution in [-0.2, 0) is 6.42 Å². The molecule has 2 nitrogen and oxygen atoms in total. The van der Waals surface area contributed by atoms with E-state index in [-0.39, 0.29) is 5.43 Å². The van der Waals surface area contributed by atoms with Crippen LogP contribution >= 0.6 is 0 Å². The molecule has 3 heteroatoms. The number of aromatic nitrogens is 1. The van der Waals surface area contributed by atoms with E-state index in [0.717, 1.165) is 0 Å². The molecule has 81 valence electrons. The predicted octanol–water partition coefficient (Wildman–Crippen LogP) is 2.56. The van der Waals surface area contributed by atoms with Crippen LogP contribution < -0.4 is 5.43 Å². The van der Waals surface area contributed by atoms with Crippen molar-refractivity contribution >= 4 is 0 Å². The number of aromatic amines is 1. The van der Waals surface area contributed by atoms with E-state index >= 15 is 0 Å². The van der Waals surface area contributed by atoms with Crippen LogP contribution in [0.4, 0.5) is 4.39 Å². The number of benzene rings is 1. The van der Waals surface area contributed by atoms with Crippen LogP contribution in [0.2, 0.25) is 0 Å². The third-order valence-corrected chi connectivity index (χ3v) is 2.45. The van der Waals surface area contributed by atoms with Crippen molar-refractivity contribution in [2.24, 2.45) is 0 Å². The number of hydrogen-bond acceptors (Lipinski definition) is 1. The van der Waals surface area contributed by atoms with Gasteiger partial charge in [-0.2, -0.15) is 0 Å². The summed E-state index contributed by atoms with van der Waals surface area (Å²) in [5.41, 5.74) is 1.05. The van der Waals surface area contributed by atoms with Gasteiger partial charge in [-0.1, -0.05) is 18.2 Å². The lowest BCUT2D eigenvalue weighted by Gasteiger charge is -2.03. The molecule has 0 bridgehead atoms. The van der Waals surface area contributed by atoms with Crippen LogP contribution in [0.5, 0.6) is 0 Å². The molecule has 0 aliphatic rings. The third kappa shape index (κ3) is 1.76. The van der Waals surface area contributed by atoms with E-state index in [1.165, 1.54) is 12.3 Å². The Morgan fingerprint density at radius 1 is 1.19 bits per heavy atom. The molecule has 2 aromatic rings. The van der Waals surface area contributed by atoms with Crippen molar-refractivity contribution in [1.82, 2.24) is 4.98 Å². The fourth-order valence-corrected chi connectivity index (χ4v) is 1.60. The van der Waals surface area contributed by atoms with Crippen LogP contribution in [0.3, 0.4) is 0 Å². The summed E-state index contributed by atoms with van der Waals surface area (Å²) >= 11 is 0. The first-order chi connectivity index (χ1) is 7.74. The minimum Gasteiger partial charge on any atom is -0.367 e. The standard InChI is InChI=1S/C13H11FNO/c1-2-9-7-15-8-11(13(9)16)10-5-3-4-6-12(10)14/h3-8H,1-2H2,(H,15,16). The molecular weight excluding hydrogens is 205 g/mol. The number of halogens is 1. The van der Waals surface area contributed by atoms with Crippen molar-refractivity contribution in [3.8, 4) is 11.1 Å². The molecule has 0 saturated heterocycles. The van der Waals surface area contributed by atoms with E-state index in [0.29, 0.717) is 23.1 Å². The predicted molar refractivity (Wildman–Crippen MR) is 61.5 cm³/mol. The van der Waals surface area contributed by atoms with Crippen LogP contribution in [-0.4, -0.2) is 4.98 Å². The van der Waals surface area contributed by atoms with Crippen LogP contribution in [0.25, 0.3) is 11.1 Å². The molecule has 1 heterocycles. The molecule has 0 spiro atoms. The summed E-state index contributed by atoms with van der Waals surface area (Å²) in [4.78, 5) is 14.8. The number of rotatable bonds is 2. The largest absolute Gasteiger partial charge is 0.367 e. The molecule has 2 rings (SSSR count). The van der Waals surface area contributed by atoms with Crippen molar-refractivity contribution in [2.45, 2.75) is 6.42 Å². The summed E-state index contributed by atoms with van der Waals surface area (Å²) in [5.74, 6) is -0.394. The summed E-state index contributed by atoms with van der Waals surface area (Å²) in [6.07, 6.45) is 3.50. The molecular formula is C13H11FNO. The topological polar surface area (TPSA) is 32.9 Å². The second-order valence-electron chi connectivity index (χ2n) is 3.45. The van der Waals surface area contributed by atoms with E-state index in [1.807, 2.05) is 0 Å². The van der Waals surface area contributed by atoms with Gasteiger partial charge >= 0.3 is 0 Å². The molecule has 0 aliphatic carbocycles. The lowest BCUT2D eigenvalue weighted by atomic mass is 10.0. The van der Waals surface area contributed by atoms with Crippen LogP contribution in [0.15, 0.2) is 41.5 Å². The van der Waals surface area contributed by atoms with Crippen molar-refractivity contribution in [1.29, 1.82) is 0 Å². The quantitative estimate of drug-likeness (QED) is 0.822. The second kappa shape index (κ2) is 4.31. The van der Waals surface area contributed by atoms with Crippen LogP contribution in [0.1, 0.15) is 5.56 Å². The van der Waals surface area contributed by atoms with Crippen molar-refractivity contribution in [3.63, 3.8) is 0 Å². The van der Waals surface area contributed by atoms with Gasteiger partial charge in [0, 0.05) is 29.1 Å². The number of pyridine rings is 1. The molecule has 16 heavy (non-hydrogen) atoms. The van der Waals surface area contributed by atoms with E-state index < -0.39 is 5.82 Å². The first-order valence-corrected chi connectivity index (χ1v) is 4.98. The highest BCUT2D eigenvalue weighted by Crippen LogP contribution is 2.18. The van der Waals surface area contributed by atoms with Gasteiger partial charge in [0.2, 0.25) is 0 Å². The fourth-order valence-electron chi connectivity index (χ4n) is 1.60. The fraction of sp³-hybridized carbons (Fsp3) is 0.0769. The Morgan fingerprint density at radius 3 is 2.62 bits per heavy atom. The maximum Gasteiger partial charge on any atom is 0.192 e. The molecule has 0 atom stereocenters. The lowest BCUT2D eigenvalue weighted by molar-refractivity contribution is 0.631. The molecule has 0 unspecified atom stereocenters. The van der Waals surface area contributed by atoms with Gasteiger partial charge in [-0.3, -0.25) is 4.79 Å². The van der Waals surface area contributed by atoms with Gasteiger partial charge in [0.15, 0.2) is 5.43 Å². The molecule has 1 N–H and O–H groups in total. The monoisotopic (exact) mass is 216 g/mol. The highest BCUT2D eigenvalue weighted by molar-refractivity contribution is 5.63. The van der Waals surface area contributed by atoms with Gasteiger partial charge in [0.1, 0.15) is 5.82 Å².